The van der Waals surface area contributed by atoms with E-state index in [0.717, 1.165) is 10.4 Å². The lowest BCUT2D eigenvalue weighted by molar-refractivity contribution is 0.0702. The van der Waals surface area contributed by atoms with Gasteiger partial charge in [-0.05, 0) is 31.2 Å². The van der Waals surface area contributed by atoms with Crippen molar-refractivity contribution in [1.82, 2.24) is 0 Å². The molecule has 2 aromatic rings. The number of halogens is 1. The quantitative estimate of drug-likeness (QED) is 0.853. The number of carboxylic acids is 1. The Balaban J connectivity index is 2.12. The molecule has 0 radical (unpaired) electrons. The molecule has 0 aliphatic carbocycles. The molecular formula is C14H11ClO4S. The fraction of sp³-hybridized carbons (Fsp3) is 0.143. The minimum Gasteiger partial charge on any atom is -0.487 e. The SMILES string of the molecule is Cc1sc(C(=O)O)cc1COc1ccc(C=O)cc1Cl. The first-order chi connectivity index (χ1) is 9.51. The number of aryl methyl sites for hydroxylation is 1. The summed E-state index contributed by atoms with van der Waals surface area (Å²) in [6.45, 7) is 2.07. The Morgan fingerprint density at radius 1 is 1.45 bits per heavy atom. The largest absolute Gasteiger partial charge is 0.487 e. The van der Waals surface area contributed by atoms with E-state index in [9.17, 15) is 9.59 Å². The number of benzene rings is 1. The Hall–Kier alpha value is -1.85. The van der Waals surface area contributed by atoms with Crippen LogP contribution in [0.15, 0.2) is 24.3 Å². The van der Waals surface area contributed by atoms with Crippen molar-refractivity contribution in [3.63, 3.8) is 0 Å². The van der Waals surface area contributed by atoms with Crippen molar-refractivity contribution < 1.29 is 19.4 Å². The maximum atomic E-state index is 10.9. The Bertz CT molecular complexity index is 663. The minimum absolute atomic E-state index is 0.232. The third-order valence-electron chi connectivity index (χ3n) is 2.71. The predicted molar refractivity (Wildman–Crippen MR) is 77.2 cm³/mol. The van der Waals surface area contributed by atoms with Crippen LogP contribution in [0.3, 0.4) is 0 Å². The van der Waals surface area contributed by atoms with Crippen molar-refractivity contribution in [3.05, 3.63) is 50.2 Å². The standard InChI is InChI=1S/C14H11ClO4S/c1-8-10(5-13(20-8)14(17)18)7-19-12-3-2-9(6-16)4-11(12)15/h2-6H,7H2,1H3,(H,17,18). The van der Waals surface area contributed by atoms with E-state index in [1.807, 2.05) is 6.92 Å². The summed E-state index contributed by atoms with van der Waals surface area (Å²) in [6, 6.07) is 6.34. The highest BCUT2D eigenvalue weighted by atomic mass is 35.5. The van der Waals surface area contributed by atoms with Crippen LogP contribution in [0.4, 0.5) is 0 Å². The molecule has 0 fully saturated rings. The van der Waals surface area contributed by atoms with Crippen molar-refractivity contribution in [3.8, 4) is 5.75 Å². The number of carboxylic acid groups (broad SMARTS) is 1. The van der Waals surface area contributed by atoms with E-state index < -0.39 is 5.97 Å². The highest BCUT2D eigenvalue weighted by Gasteiger charge is 2.12. The average Bonchev–Trinajstić information content (AvgIpc) is 2.79. The van der Waals surface area contributed by atoms with Crippen LogP contribution in [-0.4, -0.2) is 17.4 Å². The van der Waals surface area contributed by atoms with Crippen LogP contribution in [0, 0.1) is 6.92 Å². The molecule has 4 nitrogen and oxygen atoms in total. The number of carbonyl (C=O) groups is 2. The number of carbonyl (C=O) groups excluding carboxylic acids is 1. The topological polar surface area (TPSA) is 63.6 Å². The first kappa shape index (κ1) is 14.6. The van der Waals surface area contributed by atoms with Crippen LogP contribution in [-0.2, 0) is 6.61 Å². The zero-order chi connectivity index (χ0) is 14.7. The van der Waals surface area contributed by atoms with Gasteiger partial charge in [-0.2, -0.15) is 0 Å². The van der Waals surface area contributed by atoms with E-state index in [0.29, 0.717) is 22.6 Å². The van der Waals surface area contributed by atoms with Crippen LogP contribution in [0.25, 0.3) is 0 Å². The van der Waals surface area contributed by atoms with Crippen LogP contribution in [0.5, 0.6) is 5.75 Å². The maximum Gasteiger partial charge on any atom is 0.345 e. The van der Waals surface area contributed by atoms with Gasteiger partial charge in [0, 0.05) is 16.0 Å². The summed E-state index contributed by atoms with van der Waals surface area (Å²) >= 11 is 7.20. The van der Waals surface area contributed by atoms with Crippen molar-refractivity contribution in [2.24, 2.45) is 0 Å². The average molecular weight is 311 g/mol. The van der Waals surface area contributed by atoms with Gasteiger partial charge in [0.1, 0.15) is 23.5 Å². The molecule has 0 atom stereocenters. The highest BCUT2D eigenvalue weighted by Crippen LogP contribution is 2.28. The van der Waals surface area contributed by atoms with Crippen LogP contribution >= 0.6 is 22.9 Å². The van der Waals surface area contributed by atoms with Gasteiger partial charge in [0.15, 0.2) is 0 Å². The summed E-state index contributed by atoms with van der Waals surface area (Å²) in [4.78, 5) is 22.7. The molecule has 0 bridgehead atoms. The van der Waals surface area contributed by atoms with Gasteiger partial charge >= 0.3 is 5.97 Å². The van der Waals surface area contributed by atoms with E-state index in [1.54, 1.807) is 18.2 Å². The monoisotopic (exact) mass is 310 g/mol. The van der Waals surface area contributed by atoms with Gasteiger partial charge in [-0.3, -0.25) is 4.79 Å². The third-order valence-corrected chi connectivity index (χ3v) is 4.08. The lowest BCUT2D eigenvalue weighted by Crippen LogP contribution is -1.97. The second-order valence-corrected chi connectivity index (χ2v) is 5.76. The molecule has 104 valence electrons. The number of aldehydes is 1. The summed E-state index contributed by atoms with van der Waals surface area (Å²) < 4.78 is 5.56. The first-order valence-electron chi connectivity index (χ1n) is 5.71. The van der Waals surface area contributed by atoms with Gasteiger partial charge in [-0.25, -0.2) is 4.79 Å². The second-order valence-electron chi connectivity index (χ2n) is 4.09. The van der Waals surface area contributed by atoms with Crippen LogP contribution in [0.1, 0.15) is 30.5 Å². The normalized spacial score (nSPS) is 10.3. The Morgan fingerprint density at radius 2 is 2.20 bits per heavy atom. The number of thiophene rings is 1. The van der Waals surface area contributed by atoms with E-state index in [1.165, 1.54) is 17.4 Å². The zero-order valence-corrected chi connectivity index (χ0v) is 12.1. The molecule has 1 N–H and O–H groups in total. The molecule has 20 heavy (non-hydrogen) atoms. The molecule has 1 aromatic carbocycles. The summed E-state index contributed by atoms with van der Waals surface area (Å²) in [7, 11) is 0. The van der Waals surface area contributed by atoms with Gasteiger partial charge in [0.2, 0.25) is 0 Å². The lowest BCUT2D eigenvalue weighted by Gasteiger charge is -2.08. The van der Waals surface area contributed by atoms with Gasteiger partial charge in [-0.15, -0.1) is 11.3 Å². The Morgan fingerprint density at radius 3 is 2.75 bits per heavy atom. The Kier molecular flexibility index (Phi) is 4.42. The summed E-state index contributed by atoms with van der Waals surface area (Å²) in [5.41, 5.74) is 1.28. The number of hydrogen-bond donors (Lipinski definition) is 1. The molecular weight excluding hydrogens is 300 g/mol. The molecule has 0 unspecified atom stereocenters. The van der Waals surface area contributed by atoms with E-state index >= 15 is 0 Å². The molecule has 2 rings (SSSR count). The minimum atomic E-state index is -0.947. The van der Waals surface area contributed by atoms with Gasteiger partial charge in [-0.1, -0.05) is 11.6 Å². The van der Waals surface area contributed by atoms with Crippen molar-refractivity contribution in [1.29, 1.82) is 0 Å². The lowest BCUT2D eigenvalue weighted by atomic mass is 10.2. The molecule has 1 aromatic heterocycles. The fourth-order valence-corrected chi connectivity index (χ4v) is 2.74. The number of rotatable bonds is 5. The van der Waals surface area contributed by atoms with E-state index in [2.05, 4.69) is 0 Å². The molecule has 0 saturated heterocycles. The molecule has 0 amide bonds. The number of aromatic carboxylic acids is 1. The third kappa shape index (κ3) is 3.18. The van der Waals surface area contributed by atoms with Gasteiger partial charge < -0.3 is 9.84 Å². The van der Waals surface area contributed by atoms with E-state index in [4.69, 9.17) is 21.4 Å². The van der Waals surface area contributed by atoms with Gasteiger partial charge in [0.05, 0.1) is 5.02 Å². The summed E-state index contributed by atoms with van der Waals surface area (Å²) in [5.74, 6) is -0.488. The molecule has 1 heterocycles. The molecule has 0 spiro atoms. The number of ether oxygens (including phenoxy) is 1. The summed E-state index contributed by atoms with van der Waals surface area (Å²) in [5, 5.41) is 9.27. The highest BCUT2D eigenvalue weighted by molar-refractivity contribution is 7.14. The van der Waals surface area contributed by atoms with Crippen molar-refractivity contribution in [2.45, 2.75) is 13.5 Å². The summed E-state index contributed by atoms with van der Waals surface area (Å²) in [6.07, 6.45) is 0.706. The van der Waals surface area contributed by atoms with Crippen LogP contribution in [0.2, 0.25) is 5.02 Å². The molecule has 6 heteroatoms. The predicted octanol–water partition coefficient (Wildman–Crippen LogP) is 3.80. The second kappa shape index (κ2) is 6.07. The van der Waals surface area contributed by atoms with Crippen molar-refractivity contribution in [2.75, 3.05) is 0 Å². The number of hydrogen-bond acceptors (Lipinski definition) is 4. The first-order valence-corrected chi connectivity index (χ1v) is 6.91. The fourth-order valence-electron chi connectivity index (χ4n) is 1.63. The molecule has 0 aliphatic rings. The smallest absolute Gasteiger partial charge is 0.345 e. The zero-order valence-electron chi connectivity index (χ0n) is 10.6. The molecule has 0 aliphatic heterocycles. The maximum absolute atomic E-state index is 10.9. The molecule has 0 saturated carbocycles. The van der Waals surface area contributed by atoms with Crippen LogP contribution < -0.4 is 4.74 Å². The van der Waals surface area contributed by atoms with Crippen molar-refractivity contribution >= 4 is 35.2 Å². The van der Waals surface area contributed by atoms with E-state index in [-0.39, 0.29) is 11.5 Å². The van der Waals surface area contributed by atoms with Gasteiger partial charge in [0.25, 0.3) is 0 Å². The Labute approximate surface area is 124 Å².